The van der Waals surface area contributed by atoms with E-state index in [2.05, 4.69) is 0 Å². The van der Waals surface area contributed by atoms with Gasteiger partial charge in [0.2, 0.25) is 0 Å². The van der Waals surface area contributed by atoms with Gasteiger partial charge in [0, 0.05) is 5.56 Å². The number of benzene rings is 2. The molecule has 0 spiro atoms. The number of hydrogen-bond acceptors (Lipinski definition) is 2. The maximum atomic E-state index is 9.24. The summed E-state index contributed by atoms with van der Waals surface area (Å²) in [4.78, 5) is 0. The largest absolute Gasteiger partial charge is 0.496 e. The van der Waals surface area contributed by atoms with Gasteiger partial charge in [0.15, 0.2) is 0 Å². The lowest BCUT2D eigenvalue weighted by Crippen LogP contribution is -1.92. The number of hydrogen-bond donors (Lipinski definition) is 1. The molecule has 2 rings (SSSR count). The highest BCUT2D eigenvalue weighted by molar-refractivity contribution is 5.65. The van der Waals surface area contributed by atoms with E-state index in [9.17, 15) is 5.11 Å². The van der Waals surface area contributed by atoms with Gasteiger partial charge < -0.3 is 9.84 Å². The zero-order valence-corrected chi connectivity index (χ0v) is 9.18. The molecule has 0 bridgehead atoms. The van der Waals surface area contributed by atoms with Crippen LogP contribution in [-0.2, 0) is 6.61 Å². The van der Waals surface area contributed by atoms with Crippen LogP contribution in [0.1, 0.15) is 5.56 Å². The minimum atomic E-state index is -0.0101. The van der Waals surface area contributed by atoms with Crippen LogP contribution in [0.2, 0.25) is 0 Å². The number of rotatable bonds is 3. The van der Waals surface area contributed by atoms with E-state index >= 15 is 0 Å². The molecule has 82 valence electrons. The monoisotopic (exact) mass is 214 g/mol. The van der Waals surface area contributed by atoms with Crippen molar-refractivity contribution in [3.63, 3.8) is 0 Å². The number of ether oxygens (including phenoxy) is 1. The van der Waals surface area contributed by atoms with Crippen LogP contribution in [0, 0.1) is 0 Å². The first-order valence-corrected chi connectivity index (χ1v) is 5.18. The van der Waals surface area contributed by atoms with Crippen molar-refractivity contribution in [2.24, 2.45) is 0 Å². The predicted molar refractivity (Wildman–Crippen MR) is 64.4 cm³/mol. The summed E-state index contributed by atoms with van der Waals surface area (Å²) < 4.78 is 5.17. The highest BCUT2D eigenvalue weighted by Crippen LogP contribution is 2.26. The van der Waals surface area contributed by atoms with Crippen molar-refractivity contribution in [1.29, 1.82) is 0 Å². The summed E-state index contributed by atoms with van der Waals surface area (Å²) in [5, 5.41) is 9.24. The van der Waals surface area contributed by atoms with Crippen LogP contribution < -0.4 is 4.74 Å². The molecule has 0 heterocycles. The van der Waals surface area contributed by atoms with Crippen molar-refractivity contribution in [3.8, 4) is 16.9 Å². The predicted octanol–water partition coefficient (Wildman–Crippen LogP) is 2.85. The van der Waals surface area contributed by atoms with E-state index in [1.165, 1.54) is 0 Å². The van der Waals surface area contributed by atoms with Crippen molar-refractivity contribution in [2.45, 2.75) is 6.61 Å². The molecule has 2 nitrogen and oxygen atoms in total. The van der Waals surface area contributed by atoms with E-state index in [1.54, 1.807) is 7.11 Å². The van der Waals surface area contributed by atoms with Crippen molar-refractivity contribution in [1.82, 2.24) is 0 Å². The Balaban J connectivity index is 2.44. The van der Waals surface area contributed by atoms with Crippen molar-refractivity contribution >= 4 is 0 Å². The summed E-state index contributed by atoms with van der Waals surface area (Å²) in [7, 11) is 1.61. The average molecular weight is 214 g/mol. The second kappa shape index (κ2) is 4.81. The summed E-state index contributed by atoms with van der Waals surface area (Å²) in [5.74, 6) is 0.724. The summed E-state index contributed by atoms with van der Waals surface area (Å²) >= 11 is 0. The van der Waals surface area contributed by atoms with Gasteiger partial charge in [0.05, 0.1) is 13.7 Å². The van der Waals surface area contributed by atoms with E-state index in [4.69, 9.17) is 4.74 Å². The lowest BCUT2D eigenvalue weighted by molar-refractivity contribution is 0.274. The van der Waals surface area contributed by atoms with Crippen molar-refractivity contribution < 1.29 is 9.84 Å². The Hall–Kier alpha value is -1.80. The highest BCUT2D eigenvalue weighted by atomic mass is 16.5. The fourth-order valence-corrected chi connectivity index (χ4v) is 1.71. The third kappa shape index (κ3) is 2.07. The van der Waals surface area contributed by atoms with Crippen LogP contribution in [0.5, 0.6) is 5.75 Å². The van der Waals surface area contributed by atoms with Crippen LogP contribution in [0.25, 0.3) is 11.1 Å². The molecule has 0 aliphatic heterocycles. The Morgan fingerprint density at radius 2 is 1.75 bits per heavy atom. The van der Waals surface area contributed by atoms with E-state index in [-0.39, 0.29) is 6.61 Å². The maximum Gasteiger partial charge on any atom is 0.124 e. The van der Waals surface area contributed by atoms with Gasteiger partial charge in [0.1, 0.15) is 5.75 Å². The zero-order chi connectivity index (χ0) is 11.4. The van der Waals surface area contributed by atoms with Gasteiger partial charge in [0.25, 0.3) is 0 Å². The third-order valence-electron chi connectivity index (χ3n) is 2.56. The molecule has 0 aromatic heterocycles. The molecule has 2 aromatic carbocycles. The molecule has 0 unspecified atom stereocenters. The average Bonchev–Trinajstić information content (AvgIpc) is 2.39. The topological polar surface area (TPSA) is 29.5 Å². The molecule has 0 radical (unpaired) electrons. The smallest absolute Gasteiger partial charge is 0.124 e. The lowest BCUT2D eigenvalue weighted by atomic mass is 10.0. The molecule has 0 atom stereocenters. The Morgan fingerprint density at radius 1 is 1.00 bits per heavy atom. The van der Waals surface area contributed by atoms with Gasteiger partial charge in [-0.2, -0.15) is 0 Å². The van der Waals surface area contributed by atoms with Gasteiger partial charge >= 0.3 is 0 Å². The molecule has 0 aliphatic carbocycles. The number of aliphatic hydroxyl groups excluding tert-OH is 1. The molecule has 0 aliphatic rings. The summed E-state index contributed by atoms with van der Waals surface area (Å²) in [6.45, 7) is -0.0101. The Kier molecular flexibility index (Phi) is 3.22. The van der Waals surface area contributed by atoms with Gasteiger partial charge in [-0.15, -0.1) is 0 Å². The number of aliphatic hydroxyl groups is 1. The molecule has 0 amide bonds. The molecule has 0 saturated heterocycles. The van der Waals surface area contributed by atoms with Gasteiger partial charge in [-0.1, -0.05) is 36.4 Å². The molecule has 1 N–H and O–H groups in total. The first kappa shape index (κ1) is 10.7. The Morgan fingerprint density at radius 3 is 2.38 bits per heavy atom. The Labute approximate surface area is 95.1 Å². The fourth-order valence-electron chi connectivity index (χ4n) is 1.71. The van der Waals surface area contributed by atoms with Crippen LogP contribution in [-0.4, -0.2) is 12.2 Å². The van der Waals surface area contributed by atoms with Crippen molar-refractivity contribution in [3.05, 3.63) is 54.1 Å². The molecular weight excluding hydrogens is 200 g/mol. The lowest BCUT2D eigenvalue weighted by Gasteiger charge is -2.08. The van der Waals surface area contributed by atoms with Crippen LogP contribution in [0.15, 0.2) is 48.5 Å². The summed E-state index contributed by atoms with van der Waals surface area (Å²) in [6, 6.07) is 15.9. The normalized spacial score (nSPS) is 10.1. The van der Waals surface area contributed by atoms with E-state index < -0.39 is 0 Å². The Bertz CT molecular complexity index is 463. The molecular formula is C14H14O2. The fraction of sp³-hybridized carbons (Fsp3) is 0.143. The van der Waals surface area contributed by atoms with Crippen LogP contribution in [0.4, 0.5) is 0 Å². The number of methoxy groups -OCH3 is 1. The van der Waals surface area contributed by atoms with Crippen molar-refractivity contribution in [2.75, 3.05) is 7.11 Å². The van der Waals surface area contributed by atoms with Gasteiger partial charge in [-0.25, -0.2) is 0 Å². The van der Waals surface area contributed by atoms with E-state index in [1.807, 2.05) is 48.5 Å². The molecule has 16 heavy (non-hydrogen) atoms. The second-order valence-corrected chi connectivity index (χ2v) is 3.55. The SMILES string of the molecule is COc1ccc(-c2ccccc2)cc1CO. The molecule has 2 aromatic rings. The molecule has 0 fully saturated rings. The first-order valence-electron chi connectivity index (χ1n) is 5.18. The zero-order valence-electron chi connectivity index (χ0n) is 9.18. The highest BCUT2D eigenvalue weighted by Gasteiger charge is 2.04. The second-order valence-electron chi connectivity index (χ2n) is 3.55. The summed E-state index contributed by atoms with van der Waals surface area (Å²) in [5.41, 5.74) is 3.04. The minimum absolute atomic E-state index is 0.0101. The minimum Gasteiger partial charge on any atom is -0.496 e. The summed E-state index contributed by atoms with van der Waals surface area (Å²) in [6.07, 6.45) is 0. The van der Waals surface area contributed by atoms with Gasteiger partial charge in [-0.05, 0) is 23.3 Å². The first-order chi connectivity index (χ1) is 7.85. The maximum absolute atomic E-state index is 9.24. The molecule has 0 saturated carbocycles. The van der Waals surface area contributed by atoms with Gasteiger partial charge in [-0.3, -0.25) is 0 Å². The van der Waals surface area contributed by atoms with Crippen LogP contribution >= 0.6 is 0 Å². The van der Waals surface area contributed by atoms with E-state index in [0.717, 1.165) is 22.4 Å². The van der Waals surface area contributed by atoms with Crippen LogP contribution in [0.3, 0.4) is 0 Å². The standard InChI is InChI=1S/C14H14O2/c1-16-14-8-7-12(9-13(14)10-15)11-5-3-2-4-6-11/h2-9,15H,10H2,1H3. The third-order valence-corrected chi connectivity index (χ3v) is 2.56. The van der Waals surface area contributed by atoms with E-state index in [0.29, 0.717) is 0 Å². The quantitative estimate of drug-likeness (QED) is 0.851. The molecule has 2 heteroatoms.